The molecule has 1 amide bonds. The molecule has 0 aliphatic rings. The Kier molecular flexibility index (Phi) is 6.56. The van der Waals surface area contributed by atoms with Crippen LogP contribution in [0.4, 0.5) is 11.4 Å². The SMILES string of the molecule is CCCCNC(=S)Nc1ccc(NNC=O)cc1. The van der Waals surface area contributed by atoms with Crippen LogP contribution in [0.1, 0.15) is 19.8 Å². The number of hydrogen-bond acceptors (Lipinski definition) is 3. The minimum Gasteiger partial charge on any atom is -0.362 e. The summed E-state index contributed by atoms with van der Waals surface area (Å²) in [5, 5.41) is 6.83. The number of hydrogen-bond donors (Lipinski definition) is 4. The van der Waals surface area contributed by atoms with Crippen molar-refractivity contribution in [3.63, 3.8) is 0 Å². The number of amides is 1. The Morgan fingerprint density at radius 1 is 1.28 bits per heavy atom. The number of thiocarbonyl (C=S) groups is 1. The summed E-state index contributed by atoms with van der Waals surface area (Å²) in [6, 6.07) is 7.44. The van der Waals surface area contributed by atoms with Gasteiger partial charge in [0.25, 0.3) is 0 Å². The van der Waals surface area contributed by atoms with E-state index in [-0.39, 0.29) is 0 Å². The smallest absolute Gasteiger partial charge is 0.225 e. The Bertz CT molecular complexity index is 380. The minimum atomic E-state index is 0.582. The van der Waals surface area contributed by atoms with Crippen LogP contribution in [0.5, 0.6) is 0 Å². The molecule has 0 bridgehead atoms. The maximum Gasteiger partial charge on any atom is 0.225 e. The lowest BCUT2D eigenvalue weighted by molar-refractivity contribution is -0.109. The van der Waals surface area contributed by atoms with Gasteiger partial charge in [0.05, 0.1) is 5.69 Å². The Labute approximate surface area is 112 Å². The number of carbonyl (C=O) groups excluding carboxylic acids is 1. The van der Waals surface area contributed by atoms with Gasteiger partial charge < -0.3 is 10.6 Å². The summed E-state index contributed by atoms with van der Waals surface area (Å²) in [4.78, 5) is 10.1. The Morgan fingerprint density at radius 2 is 1.94 bits per heavy atom. The Morgan fingerprint density at radius 3 is 2.56 bits per heavy atom. The third-order valence-electron chi connectivity index (χ3n) is 2.23. The lowest BCUT2D eigenvalue weighted by atomic mass is 10.3. The zero-order valence-corrected chi connectivity index (χ0v) is 11.1. The summed E-state index contributed by atoms with van der Waals surface area (Å²) in [7, 11) is 0. The van der Waals surface area contributed by atoms with Crippen molar-refractivity contribution in [2.75, 3.05) is 17.3 Å². The zero-order valence-electron chi connectivity index (χ0n) is 10.3. The average Bonchev–Trinajstić information content (AvgIpc) is 2.38. The van der Waals surface area contributed by atoms with Gasteiger partial charge in [0, 0.05) is 12.2 Å². The van der Waals surface area contributed by atoms with Gasteiger partial charge in [-0.05, 0) is 42.9 Å². The molecule has 0 aliphatic carbocycles. The van der Waals surface area contributed by atoms with Gasteiger partial charge in [0.1, 0.15) is 0 Å². The normalized spacial score (nSPS) is 9.39. The third kappa shape index (κ3) is 5.49. The fourth-order valence-corrected chi connectivity index (χ4v) is 1.52. The molecular weight excluding hydrogens is 248 g/mol. The quantitative estimate of drug-likeness (QED) is 0.262. The minimum absolute atomic E-state index is 0.582. The van der Waals surface area contributed by atoms with Crippen LogP contribution in [-0.4, -0.2) is 18.1 Å². The van der Waals surface area contributed by atoms with E-state index in [4.69, 9.17) is 12.2 Å². The molecule has 0 atom stereocenters. The summed E-state index contributed by atoms with van der Waals surface area (Å²) < 4.78 is 0. The molecule has 4 N–H and O–H groups in total. The van der Waals surface area contributed by atoms with Gasteiger partial charge in [-0.2, -0.15) is 0 Å². The molecule has 0 aliphatic heterocycles. The van der Waals surface area contributed by atoms with Crippen LogP contribution in [0.25, 0.3) is 0 Å². The van der Waals surface area contributed by atoms with E-state index in [1.807, 2.05) is 24.3 Å². The van der Waals surface area contributed by atoms with Crippen molar-refractivity contribution in [3.8, 4) is 0 Å². The molecule has 98 valence electrons. The molecule has 5 nitrogen and oxygen atoms in total. The van der Waals surface area contributed by atoms with Gasteiger partial charge in [-0.1, -0.05) is 13.3 Å². The van der Waals surface area contributed by atoms with Crippen molar-refractivity contribution in [1.82, 2.24) is 10.7 Å². The third-order valence-corrected chi connectivity index (χ3v) is 2.48. The van der Waals surface area contributed by atoms with Crippen LogP contribution >= 0.6 is 12.2 Å². The molecule has 0 unspecified atom stereocenters. The molecule has 0 radical (unpaired) electrons. The molecule has 6 heteroatoms. The highest BCUT2D eigenvalue weighted by atomic mass is 32.1. The topological polar surface area (TPSA) is 65.2 Å². The molecular formula is C12H18N4OS. The van der Waals surface area contributed by atoms with Crippen molar-refractivity contribution < 1.29 is 4.79 Å². The highest BCUT2D eigenvalue weighted by Gasteiger charge is 1.97. The molecule has 0 saturated carbocycles. The maximum absolute atomic E-state index is 10.1. The van der Waals surface area contributed by atoms with Gasteiger partial charge >= 0.3 is 0 Å². The molecule has 0 saturated heterocycles. The first-order valence-electron chi connectivity index (χ1n) is 5.86. The van der Waals surface area contributed by atoms with Gasteiger partial charge in [0.15, 0.2) is 5.11 Å². The van der Waals surface area contributed by atoms with Crippen molar-refractivity contribution in [2.45, 2.75) is 19.8 Å². The lowest BCUT2D eigenvalue weighted by Crippen LogP contribution is -2.29. The predicted molar refractivity (Wildman–Crippen MR) is 78.4 cm³/mol. The summed E-state index contributed by atoms with van der Waals surface area (Å²) in [6.45, 7) is 3.02. The summed E-state index contributed by atoms with van der Waals surface area (Å²) in [5.41, 5.74) is 6.80. The van der Waals surface area contributed by atoms with Crippen LogP contribution in [0, 0.1) is 0 Å². The lowest BCUT2D eigenvalue weighted by Gasteiger charge is -2.11. The average molecular weight is 266 g/mol. The molecule has 1 aromatic rings. The first-order valence-corrected chi connectivity index (χ1v) is 6.27. The first kappa shape index (κ1) is 14.2. The van der Waals surface area contributed by atoms with Crippen molar-refractivity contribution in [1.29, 1.82) is 0 Å². The van der Waals surface area contributed by atoms with E-state index < -0.39 is 0 Å². The van der Waals surface area contributed by atoms with E-state index >= 15 is 0 Å². The van der Waals surface area contributed by atoms with E-state index in [1.165, 1.54) is 0 Å². The van der Waals surface area contributed by atoms with Crippen molar-refractivity contribution in [3.05, 3.63) is 24.3 Å². The van der Waals surface area contributed by atoms with Crippen molar-refractivity contribution >= 4 is 35.1 Å². The van der Waals surface area contributed by atoms with Gasteiger partial charge in [-0.25, -0.2) is 0 Å². The number of rotatable bonds is 7. The molecule has 0 heterocycles. The largest absolute Gasteiger partial charge is 0.362 e. The number of hydrazine groups is 1. The fraction of sp³-hybridized carbons (Fsp3) is 0.333. The maximum atomic E-state index is 10.1. The number of carbonyl (C=O) groups is 1. The summed E-state index contributed by atoms with van der Waals surface area (Å²) in [6.07, 6.45) is 2.82. The van der Waals surface area contributed by atoms with Crippen LogP contribution < -0.4 is 21.5 Å². The number of unbranched alkanes of at least 4 members (excludes halogenated alkanes) is 1. The second kappa shape index (κ2) is 8.30. The predicted octanol–water partition coefficient (Wildman–Crippen LogP) is 1.85. The highest BCUT2D eigenvalue weighted by molar-refractivity contribution is 7.80. The summed E-state index contributed by atoms with van der Waals surface area (Å²) >= 11 is 5.16. The molecule has 0 fully saturated rings. The monoisotopic (exact) mass is 266 g/mol. The number of anilines is 2. The number of benzene rings is 1. The molecule has 0 aromatic heterocycles. The zero-order chi connectivity index (χ0) is 13.2. The fourth-order valence-electron chi connectivity index (χ4n) is 1.30. The van der Waals surface area contributed by atoms with Gasteiger partial charge in [-0.3, -0.25) is 15.6 Å². The van der Waals surface area contributed by atoms with Crippen LogP contribution in [-0.2, 0) is 4.79 Å². The molecule has 1 aromatic carbocycles. The van der Waals surface area contributed by atoms with Crippen LogP contribution in [0.2, 0.25) is 0 Å². The van der Waals surface area contributed by atoms with Gasteiger partial charge in [0.2, 0.25) is 6.41 Å². The van der Waals surface area contributed by atoms with E-state index in [0.717, 1.165) is 30.8 Å². The van der Waals surface area contributed by atoms with Crippen LogP contribution in [0.15, 0.2) is 24.3 Å². The second-order valence-corrected chi connectivity index (χ2v) is 4.11. The van der Waals surface area contributed by atoms with E-state index in [2.05, 4.69) is 28.4 Å². The highest BCUT2D eigenvalue weighted by Crippen LogP contribution is 2.12. The van der Waals surface area contributed by atoms with Crippen LogP contribution in [0.3, 0.4) is 0 Å². The standard InChI is InChI=1S/C12H18N4OS/c1-2-3-8-13-12(18)15-10-4-6-11(7-5-10)16-14-9-17/h4-7,9,16H,2-3,8H2,1H3,(H,14,17)(H2,13,15,18). The molecule has 18 heavy (non-hydrogen) atoms. The van der Waals surface area contributed by atoms with Gasteiger partial charge in [-0.15, -0.1) is 0 Å². The van der Waals surface area contributed by atoms with E-state index in [9.17, 15) is 4.79 Å². The van der Waals surface area contributed by atoms with E-state index in [1.54, 1.807) is 0 Å². The number of nitrogens with one attached hydrogen (secondary N) is 4. The molecule has 0 spiro atoms. The molecule has 1 rings (SSSR count). The summed E-state index contributed by atoms with van der Waals surface area (Å²) in [5.74, 6) is 0. The van der Waals surface area contributed by atoms with E-state index in [0.29, 0.717) is 11.5 Å². The first-order chi connectivity index (χ1) is 8.76. The Hall–Kier alpha value is -1.82. The Balaban J connectivity index is 2.38. The second-order valence-electron chi connectivity index (χ2n) is 3.70. The van der Waals surface area contributed by atoms with Crippen molar-refractivity contribution in [2.24, 2.45) is 0 Å².